The van der Waals surface area contributed by atoms with Crippen LogP contribution in [0.4, 0.5) is 0 Å². The van der Waals surface area contributed by atoms with Gasteiger partial charge >= 0.3 is 0 Å². The van der Waals surface area contributed by atoms with Crippen molar-refractivity contribution in [3.63, 3.8) is 0 Å². The number of aliphatic imine (C=N–C) groups is 1. The quantitative estimate of drug-likeness (QED) is 0.477. The van der Waals surface area contributed by atoms with Gasteiger partial charge in [-0.05, 0) is 44.2 Å². The summed E-state index contributed by atoms with van der Waals surface area (Å²) >= 11 is 1.76. The van der Waals surface area contributed by atoms with Crippen molar-refractivity contribution in [3.8, 4) is 0 Å². The van der Waals surface area contributed by atoms with Crippen LogP contribution in [-0.4, -0.2) is 24.8 Å². The van der Waals surface area contributed by atoms with Crippen molar-refractivity contribution in [1.82, 2.24) is 10.6 Å². The lowest BCUT2D eigenvalue weighted by Gasteiger charge is -2.16. The van der Waals surface area contributed by atoms with Crippen LogP contribution in [0.1, 0.15) is 32.8 Å². The van der Waals surface area contributed by atoms with Crippen molar-refractivity contribution in [2.24, 2.45) is 4.99 Å². The molecule has 0 bridgehead atoms. The third kappa shape index (κ3) is 6.01. The fourth-order valence-electron chi connectivity index (χ4n) is 1.56. The van der Waals surface area contributed by atoms with E-state index in [0.29, 0.717) is 12.6 Å². The Morgan fingerprint density at radius 1 is 1.26 bits per heavy atom. The molecule has 1 rings (SSSR count). The molecule has 0 radical (unpaired) electrons. The van der Waals surface area contributed by atoms with E-state index < -0.39 is 0 Å². The van der Waals surface area contributed by atoms with Crippen LogP contribution in [0.15, 0.2) is 34.2 Å². The molecule has 0 aliphatic carbocycles. The minimum Gasteiger partial charge on any atom is -0.357 e. The van der Waals surface area contributed by atoms with E-state index in [-0.39, 0.29) is 0 Å². The summed E-state index contributed by atoms with van der Waals surface area (Å²) in [5, 5.41) is 6.67. The Morgan fingerprint density at radius 3 is 2.47 bits per heavy atom. The summed E-state index contributed by atoms with van der Waals surface area (Å²) in [6.45, 7) is 8.01. The largest absolute Gasteiger partial charge is 0.357 e. The zero-order valence-electron chi connectivity index (χ0n) is 12.4. The first-order chi connectivity index (χ1) is 9.19. The maximum absolute atomic E-state index is 4.61. The Kier molecular flexibility index (Phi) is 7.41. The number of nitrogens with zero attached hydrogens (tertiary/aromatic N) is 1. The highest BCUT2D eigenvalue weighted by Gasteiger charge is 2.02. The van der Waals surface area contributed by atoms with Gasteiger partial charge in [-0.2, -0.15) is 0 Å². The number of rotatable bonds is 6. The lowest BCUT2D eigenvalue weighted by molar-refractivity contribution is 0.624. The molecule has 0 aromatic heterocycles. The highest BCUT2D eigenvalue weighted by atomic mass is 32.2. The second kappa shape index (κ2) is 8.86. The van der Waals surface area contributed by atoms with E-state index in [1.807, 2.05) is 0 Å². The molecule has 1 unspecified atom stereocenters. The molecule has 0 aliphatic rings. The minimum atomic E-state index is 0.441. The summed E-state index contributed by atoms with van der Waals surface area (Å²) in [5.41, 5.74) is 1.24. The average molecular weight is 279 g/mol. The van der Waals surface area contributed by atoms with Crippen molar-refractivity contribution < 1.29 is 0 Å². The first-order valence-electron chi connectivity index (χ1n) is 6.87. The molecule has 0 spiro atoms. The summed E-state index contributed by atoms with van der Waals surface area (Å²) in [6.07, 6.45) is 3.18. The summed E-state index contributed by atoms with van der Waals surface area (Å²) in [7, 11) is 0. The number of benzene rings is 1. The maximum Gasteiger partial charge on any atom is 0.191 e. The van der Waals surface area contributed by atoms with Gasteiger partial charge in [0.25, 0.3) is 0 Å². The molecule has 0 fully saturated rings. The Labute approximate surface area is 121 Å². The smallest absolute Gasteiger partial charge is 0.191 e. The molecule has 0 heterocycles. The van der Waals surface area contributed by atoms with Crippen LogP contribution in [0.25, 0.3) is 0 Å². The van der Waals surface area contributed by atoms with Crippen molar-refractivity contribution in [3.05, 3.63) is 29.8 Å². The van der Waals surface area contributed by atoms with E-state index in [9.17, 15) is 0 Å². The normalized spacial score (nSPS) is 13.2. The number of guanidine groups is 1. The standard InChI is InChI=1S/C15H25N3S/c1-5-12(3)18-15(16-6-2)17-11-13-7-9-14(19-4)10-8-13/h7-10,12H,5-6,11H2,1-4H3,(H2,16,17,18). The van der Waals surface area contributed by atoms with E-state index >= 15 is 0 Å². The third-order valence-corrected chi connectivity index (χ3v) is 3.66. The molecule has 2 N–H and O–H groups in total. The highest BCUT2D eigenvalue weighted by Crippen LogP contribution is 2.15. The zero-order valence-corrected chi connectivity index (χ0v) is 13.2. The van der Waals surface area contributed by atoms with Crippen LogP contribution in [0, 0.1) is 0 Å². The first-order valence-corrected chi connectivity index (χ1v) is 8.09. The number of hydrogen-bond donors (Lipinski definition) is 2. The van der Waals surface area contributed by atoms with Crippen LogP contribution >= 0.6 is 11.8 Å². The summed E-state index contributed by atoms with van der Waals surface area (Å²) in [5.74, 6) is 0.894. The van der Waals surface area contributed by atoms with Gasteiger partial charge in [-0.25, -0.2) is 4.99 Å². The van der Waals surface area contributed by atoms with E-state index in [2.05, 4.69) is 66.9 Å². The molecule has 0 aliphatic heterocycles. The predicted molar refractivity (Wildman–Crippen MR) is 85.9 cm³/mol. The second-order valence-electron chi connectivity index (χ2n) is 4.50. The summed E-state index contributed by atoms with van der Waals surface area (Å²) < 4.78 is 0. The van der Waals surface area contributed by atoms with Crippen molar-refractivity contribution in [2.45, 2.75) is 44.7 Å². The lowest BCUT2D eigenvalue weighted by atomic mass is 10.2. The van der Waals surface area contributed by atoms with Gasteiger partial charge in [0.05, 0.1) is 6.54 Å². The fourth-order valence-corrected chi connectivity index (χ4v) is 1.97. The zero-order chi connectivity index (χ0) is 14.1. The van der Waals surface area contributed by atoms with E-state index in [4.69, 9.17) is 0 Å². The molecule has 3 nitrogen and oxygen atoms in total. The van der Waals surface area contributed by atoms with Gasteiger partial charge < -0.3 is 10.6 Å². The average Bonchev–Trinajstić information content (AvgIpc) is 2.45. The van der Waals surface area contributed by atoms with E-state index in [0.717, 1.165) is 18.9 Å². The van der Waals surface area contributed by atoms with Gasteiger partial charge in [-0.15, -0.1) is 11.8 Å². The SMILES string of the molecule is CCNC(=NCc1ccc(SC)cc1)NC(C)CC. The number of thioether (sulfide) groups is 1. The van der Waals surface area contributed by atoms with E-state index in [1.165, 1.54) is 10.5 Å². The molecule has 0 saturated heterocycles. The van der Waals surface area contributed by atoms with Crippen LogP contribution < -0.4 is 10.6 Å². The second-order valence-corrected chi connectivity index (χ2v) is 5.38. The van der Waals surface area contributed by atoms with Crippen molar-refractivity contribution >= 4 is 17.7 Å². The van der Waals surface area contributed by atoms with Gasteiger partial charge in [0.15, 0.2) is 5.96 Å². The van der Waals surface area contributed by atoms with Gasteiger partial charge in [0, 0.05) is 17.5 Å². The number of nitrogens with one attached hydrogen (secondary N) is 2. The van der Waals surface area contributed by atoms with E-state index in [1.54, 1.807) is 11.8 Å². The van der Waals surface area contributed by atoms with Crippen LogP contribution in [0.5, 0.6) is 0 Å². The molecular weight excluding hydrogens is 254 g/mol. The molecular formula is C15H25N3S. The highest BCUT2D eigenvalue weighted by molar-refractivity contribution is 7.98. The van der Waals surface area contributed by atoms with Crippen molar-refractivity contribution in [1.29, 1.82) is 0 Å². The van der Waals surface area contributed by atoms with Gasteiger partial charge in [-0.3, -0.25) is 0 Å². The van der Waals surface area contributed by atoms with Crippen LogP contribution in [-0.2, 0) is 6.54 Å². The Bertz CT molecular complexity index is 387. The number of hydrogen-bond acceptors (Lipinski definition) is 2. The topological polar surface area (TPSA) is 36.4 Å². The van der Waals surface area contributed by atoms with Gasteiger partial charge in [0.1, 0.15) is 0 Å². The van der Waals surface area contributed by atoms with Crippen LogP contribution in [0.2, 0.25) is 0 Å². The molecule has 1 atom stereocenters. The summed E-state index contributed by atoms with van der Waals surface area (Å²) in [6, 6.07) is 9.01. The Morgan fingerprint density at radius 2 is 1.95 bits per heavy atom. The monoisotopic (exact) mass is 279 g/mol. The molecule has 4 heteroatoms. The molecule has 1 aromatic rings. The molecule has 19 heavy (non-hydrogen) atoms. The summed E-state index contributed by atoms with van der Waals surface area (Å²) in [4.78, 5) is 5.90. The molecule has 0 saturated carbocycles. The van der Waals surface area contributed by atoms with Gasteiger partial charge in [0.2, 0.25) is 0 Å². The maximum atomic E-state index is 4.61. The first kappa shape index (κ1) is 15.9. The minimum absolute atomic E-state index is 0.441. The third-order valence-electron chi connectivity index (χ3n) is 2.92. The van der Waals surface area contributed by atoms with Crippen molar-refractivity contribution in [2.75, 3.05) is 12.8 Å². The molecule has 106 valence electrons. The van der Waals surface area contributed by atoms with Gasteiger partial charge in [-0.1, -0.05) is 19.1 Å². The Balaban J connectivity index is 2.62. The lowest BCUT2D eigenvalue weighted by Crippen LogP contribution is -2.41. The molecule has 0 amide bonds. The predicted octanol–water partition coefficient (Wildman–Crippen LogP) is 3.26. The Hall–Kier alpha value is -1.16. The fraction of sp³-hybridized carbons (Fsp3) is 0.533. The van der Waals surface area contributed by atoms with Crippen LogP contribution in [0.3, 0.4) is 0 Å². The molecule has 1 aromatic carbocycles.